The molecule has 1 aliphatic heterocycles. The Morgan fingerprint density at radius 2 is 2.00 bits per heavy atom. The zero-order valence-corrected chi connectivity index (χ0v) is 9.29. The minimum Gasteiger partial charge on any atom is -0.465 e. The lowest BCUT2D eigenvalue weighted by Crippen LogP contribution is -2.35. The van der Waals surface area contributed by atoms with Gasteiger partial charge in [0, 0.05) is 6.42 Å². The Morgan fingerprint density at radius 1 is 1.36 bits per heavy atom. The van der Waals surface area contributed by atoms with E-state index >= 15 is 0 Å². The number of carbonyl (C=O) groups is 1. The molecule has 0 aromatic rings. The van der Waals surface area contributed by atoms with Gasteiger partial charge in [-0.3, -0.25) is 4.79 Å². The molecule has 3 heteroatoms. The van der Waals surface area contributed by atoms with Crippen molar-refractivity contribution in [3.63, 3.8) is 0 Å². The number of piperidine rings is 1. The van der Waals surface area contributed by atoms with Gasteiger partial charge in [0.05, 0.1) is 6.61 Å². The molecule has 1 heterocycles. The molecular formula is C11H21NO2. The Bertz CT molecular complexity index is 174. The summed E-state index contributed by atoms with van der Waals surface area (Å²) in [7, 11) is 0. The molecule has 0 aliphatic carbocycles. The van der Waals surface area contributed by atoms with Crippen LogP contribution in [0.4, 0.5) is 0 Å². The summed E-state index contributed by atoms with van der Waals surface area (Å²) in [6.07, 6.45) is 2.84. The summed E-state index contributed by atoms with van der Waals surface area (Å²) in [5.74, 6) is 0.524. The number of esters is 1. The van der Waals surface area contributed by atoms with Crippen LogP contribution in [0.3, 0.4) is 0 Å². The highest BCUT2D eigenvalue weighted by atomic mass is 16.5. The summed E-state index contributed by atoms with van der Waals surface area (Å²) in [6.45, 7) is 8.11. The van der Waals surface area contributed by atoms with Gasteiger partial charge < -0.3 is 9.64 Å². The Morgan fingerprint density at radius 3 is 2.50 bits per heavy atom. The van der Waals surface area contributed by atoms with E-state index in [9.17, 15) is 4.79 Å². The predicted octanol–water partition coefficient (Wildman–Crippen LogP) is 1.67. The standard InChI is InChI=1S/C11H21NO2/c1-3-11(13)14-9-10-5-7-12(4-2)8-6-10/h10H,3-9H2,1-2H3. The smallest absolute Gasteiger partial charge is 0.305 e. The molecule has 1 fully saturated rings. The van der Waals surface area contributed by atoms with Crippen molar-refractivity contribution >= 4 is 5.97 Å². The first-order chi connectivity index (χ1) is 6.76. The molecule has 0 N–H and O–H groups in total. The van der Waals surface area contributed by atoms with E-state index in [2.05, 4.69) is 11.8 Å². The van der Waals surface area contributed by atoms with Gasteiger partial charge in [-0.25, -0.2) is 0 Å². The molecule has 0 bridgehead atoms. The van der Waals surface area contributed by atoms with Gasteiger partial charge in [-0.05, 0) is 38.4 Å². The molecule has 3 nitrogen and oxygen atoms in total. The van der Waals surface area contributed by atoms with Crippen LogP contribution in [0.5, 0.6) is 0 Å². The molecule has 0 saturated carbocycles. The molecule has 0 unspecified atom stereocenters. The van der Waals surface area contributed by atoms with Gasteiger partial charge in [0.1, 0.15) is 0 Å². The van der Waals surface area contributed by atoms with Crippen LogP contribution in [0, 0.1) is 5.92 Å². The van der Waals surface area contributed by atoms with Crippen LogP contribution in [0.1, 0.15) is 33.1 Å². The summed E-state index contributed by atoms with van der Waals surface area (Å²) < 4.78 is 5.14. The van der Waals surface area contributed by atoms with Crippen molar-refractivity contribution in [2.45, 2.75) is 33.1 Å². The second-order valence-electron chi connectivity index (χ2n) is 3.91. The fraction of sp³-hybridized carbons (Fsp3) is 0.909. The van der Waals surface area contributed by atoms with Crippen molar-refractivity contribution in [3.05, 3.63) is 0 Å². The molecule has 1 rings (SSSR count). The molecule has 0 aromatic heterocycles. The van der Waals surface area contributed by atoms with Crippen LogP contribution < -0.4 is 0 Å². The lowest BCUT2D eigenvalue weighted by atomic mass is 9.98. The zero-order valence-electron chi connectivity index (χ0n) is 9.29. The Balaban J connectivity index is 2.13. The van der Waals surface area contributed by atoms with Gasteiger partial charge in [0.2, 0.25) is 0 Å². The van der Waals surface area contributed by atoms with Crippen LogP contribution in [0.25, 0.3) is 0 Å². The van der Waals surface area contributed by atoms with Crippen LogP contribution in [-0.4, -0.2) is 37.1 Å². The average Bonchev–Trinajstić information content (AvgIpc) is 2.26. The van der Waals surface area contributed by atoms with E-state index < -0.39 is 0 Å². The molecule has 0 atom stereocenters. The topological polar surface area (TPSA) is 29.5 Å². The fourth-order valence-corrected chi connectivity index (χ4v) is 1.78. The number of likely N-dealkylation sites (tertiary alicyclic amines) is 1. The lowest BCUT2D eigenvalue weighted by molar-refractivity contribution is -0.145. The van der Waals surface area contributed by atoms with Crippen molar-refractivity contribution in [3.8, 4) is 0 Å². The molecular weight excluding hydrogens is 178 g/mol. The Hall–Kier alpha value is -0.570. The van der Waals surface area contributed by atoms with Gasteiger partial charge in [0.15, 0.2) is 0 Å². The van der Waals surface area contributed by atoms with Crippen LogP contribution >= 0.6 is 0 Å². The minimum absolute atomic E-state index is 0.0667. The minimum atomic E-state index is -0.0667. The van der Waals surface area contributed by atoms with Crippen LogP contribution in [-0.2, 0) is 9.53 Å². The molecule has 82 valence electrons. The maximum atomic E-state index is 10.9. The van der Waals surface area contributed by atoms with Crippen LogP contribution in [0.15, 0.2) is 0 Å². The molecule has 14 heavy (non-hydrogen) atoms. The first kappa shape index (κ1) is 11.5. The van der Waals surface area contributed by atoms with E-state index in [4.69, 9.17) is 4.74 Å². The first-order valence-corrected chi connectivity index (χ1v) is 5.64. The highest BCUT2D eigenvalue weighted by molar-refractivity contribution is 5.68. The maximum absolute atomic E-state index is 10.9. The van der Waals surface area contributed by atoms with Gasteiger partial charge in [0.25, 0.3) is 0 Å². The van der Waals surface area contributed by atoms with E-state index in [1.54, 1.807) is 0 Å². The normalized spacial score (nSPS) is 19.6. The van der Waals surface area contributed by atoms with Crippen LogP contribution in [0.2, 0.25) is 0 Å². The summed E-state index contributed by atoms with van der Waals surface area (Å²) in [5, 5.41) is 0. The molecule has 1 saturated heterocycles. The largest absolute Gasteiger partial charge is 0.465 e. The van der Waals surface area contributed by atoms with E-state index in [-0.39, 0.29) is 5.97 Å². The summed E-state index contributed by atoms with van der Waals surface area (Å²) in [6, 6.07) is 0. The van der Waals surface area contributed by atoms with Crippen molar-refractivity contribution in [2.24, 2.45) is 5.92 Å². The third kappa shape index (κ3) is 3.66. The second-order valence-corrected chi connectivity index (χ2v) is 3.91. The Labute approximate surface area is 86.4 Å². The zero-order chi connectivity index (χ0) is 10.4. The molecule has 0 radical (unpaired) electrons. The van der Waals surface area contributed by atoms with Crippen molar-refractivity contribution in [2.75, 3.05) is 26.2 Å². The van der Waals surface area contributed by atoms with E-state index in [1.165, 1.54) is 12.8 Å². The van der Waals surface area contributed by atoms with E-state index in [0.29, 0.717) is 18.9 Å². The Kier molecular flexibility index (Phi) is 4.94. The number of rotatable bonds is 4. The molecule has 0 amide bonds. The summed E-state index contributed by atoms with van der Waals surface area (Å²) in [5.41, 5.74) is 0. The summed E-state index contributed by atoms with van der Waals surface area (Å²) >= 11 is 0. The molecule has 1 aliphatic rings. The lowest BCUT2D eigenvalue weighted by Gasteiger charge is -2.30. The van der Waals surface area contributed by atoms with E-state index in [1.807, 2.05) is 6.92 Å². The predicted molar refractivity (Wildman–Crippen MR) is 56.1 cm³/mol. The third-order valence-corrected chi connectivity index (χ3v) is 2.92. The SMILES string of the molecule is CCC(=O)OCC1CCN(CC)CC1. The molecule has 0 spiro atoms. The van der Waals surface area contributed by atoms with E-state index in [0.717, 1.165) is 19.6 Å². The van der Waals surface area contributed by atoms with Gasteiger partial charge >= 0.3 is 5.97 Å². The third-order valence-electron chi connectivity index (χ3n) is 2.92. The van der Waals surface area contributed by atoms with Gasteiger partial charge in [-0.2, -0.15) is 0 Å². The van der Waals surface area contributed by atoms with Crippen molar-refractivity contribution < 1.29 is 9.53 Å². The number of hydrogen-bond donors (Lipinski definition) is 0. The second kappa shape index (κ2) is 6.02. The number of hydrogen-bond acceptors (Lipinski definition) is 3. The highest BCUT2D eigenvalue weighted by Crippen LogP contribution is 2.17. The molecule has 0 aromatic carbocycles. The number of ether oxygens (including phenoxy) is 1. The highest BCUT2D eigenvalue weighted by Gasteiger charge is 2.18. The fourth-order valence-electron chi connectivity index (χ4n) is 1.78. The van der Waals surface area contributed by atoms with Gasteiger partial charge in [-0.15, -0.1) is 0 Å². The van der Waals surface area contributed by atoms with Gasteiger partial charge in [-0.1, -0.05) is 13.8 Å². The first-order valence-electron chi connectivity index (χ1n) is 5.64. The number of nitrogens with zero attached hydrogens (tertiary/aromatic N) is 1. The number of carbonyl (C=O) groups excluding carboxylic acids is 1. The average molecular weight is 199 g/mol. The van der Waals surface area contributed by atoms with Crippen molar-refractivity contribution in [1.82, 2.24) is 4.90 Å². The quantitative estimate of drug-likeness (QED) is 0.645. The maximum Gasteiger partial charge on any atom is 0.305 e. The summed E-state index contributed by atoms with van der Waals surface area (Å²) in [4.78, 5) is 13.4. The monoisotopic (exact) mass is 199 g/mol. The van der Waals surface area contributed by atoms with Crippen molar-refractivity contribution in [1.29, 1.82) is 0 Å².